The first-order valence-corrected chi connectivity index (χ1v) is 6.20. The molecule has 0 amide bonds. The average molecular weight is 211 g/mol. The van der Waals surface area contributed by atoms with E-state index in [0.29, 0.717) is 12.1 Å². The van der Waals surface area contributed by atoms with E-state index in [1.165, 1.54) is 25.7 Å². The molecule has 0 spiro atoms. The van der Waals surface area contributed by atoms with Crippen molar-refractivity contribution in [2.24, 2.45) is 5.92 Å². The lowest BCUT2D eigenvalue weighted by molar-refractivity contribution is 0.0483. The van der Waals surface area contributed by atoms with Gasteiger partial charge in [-0.15, -0.1) is 6.58 Å². The van der Waals surface area contributed by atoms with Gasteiger partial charge in [0.05, 0.1) is 6.10 Å². The van der Waals surface area contributed by atoms with E-state index in [1.54, 1.807) is 0 Å². The van der Waals surface area contributed by atoms with Crippen LogP contribution in [0.5, 0.6) is 0 Å². The summed E-state index contributed by atoms with van der Waals surface area (Å²) in [6.07, 6.45) is 8.66. The Balaban J connectivity index is 2.35. The molecule has 0 aromatic carbocycles. The zero-order chi connectivity index (χ0) is 11.1. The summed E-state index contributed by atoms with van der Waals surface area (Å²) >= 11 is 0. The Morgan fingerprint density at radius 1 is 1.53 bits per heavy atom. The topological polar surface area (TPSA) is 21.3 Å². The summed E-state index contributed by atoms with van der Waals surface area (Å²) in [6.45, 7) is 6.96. The Labute approximate surface area is 94.1 Å². The van der Waals surface area contributed by atoms with Gasteiger partial charge in [-0.3, -0.25) is 0 Å². The SMILES string of the molecule is C=CCCCC(NCC)C(OC)C1CC1. The summed E-state index contributed by atoms with van der Waals surface area (Å²) in [5.41, 5.74) is 0. The molecule has 0 bridgehead atoms. The number of methoxy groups -OCH3 is 1. The molecule has 2 atom stereocenters. The smallest absolute Gasteiger partial charge is 0.0752 e. The van der Waals surface area contributed by atoms with E-state index >= 15 is 0 Å². The molecule has 88 valence electrons. The number of nitrogens with one attached hydrogen (secondary N) is 1. The third-order valence-corrected chi connectivity index (χ3v) is 3.15. The summed E-state index contributed by atoms with van der Waals surface area (Å²) < 4.78 is 5.63. The summed E-state index contributed by atoms with van der Waals surface area (Å²) in [7, 11) is 1.85. The van der Waals surface area contributed by atoms with Crippen molar-refractivity contribution in [1.82, 2.24) is 5.32 Å². The van der Waals surface area contributed by atoms with Crippen LogP contribution < -0.4 is 5.32 Å². The Morgan fingerprint density at radius 2 is 2.27 bits per heavy atom. The first kappa shape index (κ1) is 12.7. The van der Waals surface area contributed by atoms with Crippen molar-refractivity contribution in [3.05, 3.63) is 12.7 Å². The molecular weight excluding hydrogens is 186 g/mol. The minimum Gasteiger partial charge on any atom is -0.380 e. The highest BCUT2D eigenvalue weighted by atomic mass is 16.5. The molecule has 0 aromatic heterocycles. The van der Waals surface area contributed by atoms with E-state index in [2.05, 4.69) is 18.8 Å². The number of likely N-dealkylation sites (N-methyl/N-ethyl adjacent to an activating group) is 1. The highest BCUT2D eigenvalue weighted by Crippen LogP contribution is 2.36. The van der Waals surface area contributed by atoms with Crippen LogP contribution in [0.4, 0.5) is 0 Å². The highest BCUT2D eigenvalue weighted by molar-refractivity contribution is 4.90. The zero-order valence-corrected chi connectivity index (χ0v) is 10.2. The Kier molecular flexibility index (Phi) is 5.96. The fourth-order valence-corrected chi connectivity index (χ4v) is 2.24. The standard InChI is InChI=1S/C13H25NO/c1-4-6-7-8-12(14-5-2)13(15-3)11-9-10-11/h4,11-14H,1,5-10H2,2-3H3. The van der Waals surface area contributed by atoms with E-state index in [4.69, 9.17) is 4.74 Å². The third kappa shape index (κ3) is 4.35. The van der Waals surface area contributed by atoms with Crippen molar-refractivity contribution in [3.63, 3.8) is 0 Å². The Hall–Kier alpha value is -0.340. The molecule has 1 saturated carbocycles. The van der Waals surface area contributed by atoms with E-state index in [9.17, 15) is 0 Å². The molecule has 2 unspecified atom stereocenters. The molecule has 0 saturated heterocycles. The molecule has 0 aliphatic heterocycles. The quantitative estimate of drug-likeness (QED) is 0.468. The number of hydrogen-bond acceptors (Lipinski definition) is 2. The highest BCUT2D eigenvalue weighted by Gasteiger charge is 2.35. The van der Waals surface area contributed by atoms with Crippen molar-refractivity contribution >= 4 is 0 Å². The van der Waals surface area contributed by atoms with Gasteiger partial charge in [0, 0.05) is 13.2 Å². The summed E-state index contributed by atoms with van der Waals surface area (Å²) in [5.74, 6) is 0.808. The van der Waals surface area contributed by atoms with Crippen molar-refractivity contribution in [2.75, 3.05) is 13.7 Å². The number of allylic oxidation sites excluding steroid dienone is 1. The number of unbranched alkanes of at least 4 members (excludes halogenated alkanes) is 1. The lowest BCUT2D eigenvalue weighted by Crippen LogP contribution is -2.42. The molecule has 15 heavy (non-hydrogen) atoms. The van der Waals surface area contributed by atoms with Crippen molar-refractivity contribution in [1.29, 1.82) is 0 Å². The maximum Gasteiger partial charge on any atom is 0.0752 e. The second kappa shape index (κ2) is 7.02. The van der Waals surface area contributed by atoms with Gasteiger partial charge in [0.25, 0.3) is 0 Å². The molecule has 0 radical (unpaired) electrons. The molecular formula is C13H25NO. The fraction of sp³-hybridized carbons (Fsp3) is 0.846. The summed E-state index contributed by atoms with van der Waals surface area (Å²) in [4.78, 5) is 0. The van der Waals surface area contributed by atoms with Crippen LogP contribution in [-0.2, 0) is 4.74 Å². The van der Waals surface area contributed by atoms with Crippen LogP contribution in [-0.4, -0.2) is 25.8 Å². The van der Waals surface area contributed by atoms with Gasteiger partial charge in [-0.05, 0) is 44.6 Å². The molecule has 1 aliphatic rings. The fourth-order valence-electron chi connectivity index (χ4n) is 2.24. The lowest BCUT2D eigenvalue weighted by atomic mass is 10.00. The molecule has 0 heterocycles. The van der Waals surface area contributed by atoms with E-state index in [0.717, 1.165) is 18.9 Å². The van der Waals surface area contributed by atoms with Crippen LogP contribution in [0.15, 0.2) is 12.7 Å². The molecule has 1 aliphatic carbocycles. The van der Waals surface area contributed by atoms with Gasteiger partial charge in [-0.2, -0.15) is 0 Å². The number of rotatable bonds is 9. The largest absolute Gasteiger partial charge is 0.380 e. The van der Waals surface area contributed by atoms with Crippen molar-refractivity contribution < 1.29 is 4.74 Å². The second-order valence-electron chi connectivity index (χ2n) is 4.42. The maximum atomic E-state index is 5.63. The molecule has 1 fully saturated rings. The van der Waals surface area contributed by atoms with Gasteiger partial charge in [-0.25, -0.2) is 0 Å². The van der Waals surface area contributed by atoms with Crippen LogP contribution in [0.1, 0.15) is 39.0 Å². The second-order valence-corrected chi connectivity index (χ2v) is 4.42. The third-order valence-electron chi connectivity index (χ3n) is 3.15. The van der Waals surface area contributed by atoms with Gasteiger partial charge >= 0.3 is 0 Å². The van der Waals surface area contributed by atoms with Crippen molar-refractivity contribution in [3.8, 4) is 0 Å². The van der Waals surface area contributed by atoms with Crippen LogP contribution in [0.25, 0.3) is 0 Å². The first-order chi connectivity index (χ1) is 7.33. The molecule has 0 aromatic rings. The lowest BCUT2D eigenvalue weighted by Gasteiger charge is -2.26. The first-order valence-electron chi connectivity index (χ1n) is 6.20. The molecule has 1 rings (SSSR count). The summed E-state index contributed by atoms with van der Waals surface area (Å²) in [6, 6.07) is 0.535. The number of hydrogen-bond donors (Lipinski definition) is 1. The van der Waals surface area contributed by atoms with E-state index < -0.39 is 0 Å². The van der Waals surface area contributed by atoms with Crippen LogP contribution >= 0.6 is 0 Å². The van der Waals surface area contributed by atoms with E-state index in [1.807, 2.05) is 13.2 Å². The minimum atomic E-state index is 0.426. The predicted octanol–water partition coefficient (Wildman–Crippen LogP) is 2.75. The van der Waals surface area contributed by atoms with Gasteiger partial charge < -0.3 is 10.1 Å². The van der Waals surface area contributed by atoms with Gasteiger partial charge in [0.15, 0.2) is 0 Å². The average Bonchev–Trinajstić information content (AvgIpc) is 3.03. The Bertz CT molecular complexity index is 177. The molecule has 2 heteroatoms. The maximum absolute atomic E-state index is 5.63. The van der Waals surface area contributed by atoms with Gasteiger partial charge in [-0.1, -0.05) is 13.0 Å². The monoisotopic (exact) mass is 211 g/mol. The van der Waals surface area contributed by atoms with Crippen LogP contribution in [0, 0.1) is 5.92 Å². The predicted molar refractivity (Wildman–Crippen MR) is 65.0 cm³/mol. The van der Waals surface area contributed by atoms with E-state index in [-0.39, 0.29) is 0 Å². The zero-order valence-electron chi connectivity index (χ0n) is 10.2. The van der Waals surface area contributed by atoms with Crippen LogP contribution in [0.2, 0.25) is 0 Å². The summed E-state index contributed by atoms with van der Waals surface area (Å²) in [5, 5.41) is 3.55. The van der Waals surface area contributed by atoms with Gasteiger partial charge in [0.2, 0.25) is 0 Å². The normalized spacial score (nSPS) is 19.9. The Morgan fingerprint density at radius 3 is 2.73 bits per heavy atom. The van der Waals surface area contributed by atoms with Crippen molar-refractivity contribution in [2.45, 2.75) is 51.2 Å². The van der Waals surface area contributed by atoms with Crippen LogP contribution in [0.3, 0.4) is 0 Å². The minimum absolute atomic E-state index is 0.426. The number of ether oxygens (including phenoxy) is 1. The molecule has 1 N–H and O–H groups in total. The van der Waals surface area contributed by atoms with Gasteiger partial charge in [0.1, 0.15) is 0 Å². The molecule has 2 nitrogen and oxygen atoms in total.